The first-order chi connectivity index (χ1) is 6.15. The summed E-state index contributed by atoms with van der Waals surface area (Å²) in [6.45, 7) is 9.01. The van der Waals surface area contributed by atoms with Crippen molar-refractivity contribution in [2.24, 2.45) is 5.73 Å². The van der Waals surface area contributed by atoms with E-state index in [9.17, 15) is 0 Å². The Bertz CT molecular complexity index is 221. The van der Waals surface area contributed by atoms with Crippen LogP contribution >= 0.6 is 0 Å². The fourth-order valence-corrected chi connectivity index (χ4v) is 0.765. The molecule has 1 rings (SSSR count). The first-order valence-electron chi connectivity index (χ1n) is 4.88. The first kappa shape index (κ1) is 12.2. The predicted molar refractivity (Wildman–Crippen MR) is 58.6 cm³/mol. The highest BCUT2D eigenvalue weighted by Gasteiger charge is 1.98. The lowest BCUT2D eigenvalue weighted by Gasteiger charge is -2.02. The third kappa shape index (κ3) is 4.68. The molecule has 1 aromatic rings. The Balaban J connectivity index is 0. The van der Waals surface area contributed by atoms with Gasteiger partial charge in [-0.3, -0.25) is 4.68 Å². The molecule has 0 fully saturated rings. The van der Waals surface area contributed by atoms with Gasteiger partial charge in [-0.2, -0.15) is 5.10 Å². The van der Waals surface area contributed by atoms with Crippen molar-refractivity contribution < 1.29 is 1.43 Å². The highest BCUT2D eigenvalue weighted by atomic mass is 15.3. The first-order valence-corrected chi connectivity index (χ1v) is 4.88. The van der Waals surface area contributed by atoms with Gasteiger partial charge in [0, 0.05) is 25.8 Å². The summed E-state index contributed by atoms with van der Waals surface area (Å²) < 4.78 is 1.90. The van der Waals surface area contributed by atoms with E-state index in [0.29, 0.717) is 12.6 Å². The molecule has 0 radical (unpaired) electrons. The van der Waals surface area contributed by atoms with Crippen molar-refractivity contribution in [3.8, 4) is 0 Å². The summed E-state index contributed by atoms with van der Waals surface area (Å²) >= 11 is 0. The van der Waals surface area contributed by atoms with E-state index in [1.807, 2.05) is 10.9 Å². The smallest absolute Gasteiger partial charge is 0.0534 e. The van der Waals surface area contributed by atoms with E-state index in [1.165, 1.54) is 6.42 Å². The van der Waals surface area contributed by atoms with Gasteiger partial charge in [0.1, 0.15) is 0 Å². The predicted octanol–water partition coefficient (Wildman–Crippen LogP) is 2.59. The molecule has 1 aromatic heterocycles. The second-order valence-electron chi connectivity index (χ2n) is 3.33. The maximum Gasteiger partial charge on any atom is 0.0534 e. The monoisotopic (exact) mass is 185 g/mol. The van der Waals surface area contributed by atoms with E-state index in [0.717, 1.165) is 5.56 Å². The van der Waals surface area contributed by atoms with Gasteiger partial charge in [-0.05, 0) is 13.8 Å². The zero-order valence-corrected chi connectivity index (χ0v) is 9.12. The molecule has 0 aromatic carbocycles. The van der Waals surface area contributed by atoms with Crippen molar-refractivity contribution in [1.82, 2.24) is 9.78 Å². The van der Waals surface area contributed by atoms with Crippen LogP contribution < -0.4 is 5.73 Å². The molecule has 3 heteroatoms. The molecule has 0 aliphatic rings. The van der Waals surface area contributed by atoms with Gasteiger partial charge in [-0.15, -0.1) is 0 Å². The summed E-state index contributed by atoms with van der Waals surface area (Å²) in [6.07, 6.45) is 5.03. The van der Waals surface area contributed by atoms with Crippen LogP contribution in [0.25, 0.3) is 0 Å². The van der Waals surface area contributed by atoms with Gasteiger partial charge in [-0.1, -0.05) is 20.3 Å². The molecule has 2 N–H and O–H groups in total. The van der Waals surface area contributed by atoms with Gasteiger partial charge in [0.2, 0.25) is 0 Å². The van der Waals surface area contributed by atoms with Crippen LogP contribution in [0.4, 0.5) is 0 Å². The minimum Gasteiger partial charge on any atom is -0.326 e. The van der Waals surface area contributed by atoms with Gasteiger partial charge in [0.25, 0.3) is 0 Å². The van der Waals surface area contributed by atoms with E-state index in [-0.39, 0.29) is 1.43 Å². The highest BCUT2D eigenvalue weighted by molar-refractivity contribution is 5.02. The van der Waals surface area contributed by atoms with Gasteiger partial charge < -0.3 is 5.73 Å². The SMILES string of the molecule is CC(C)n1cc(CN)cn1.CCC.[HH]. The summed E-state index contributed by atoms with van der Waals surface area (Å²) in [5.41, 5.74) is 6.50. The largest absolute Gasteiger partial charge is 0.326 e. The Kier molecular flexibility index (Phi) is 6.24. The van der Waals surface area contributed by atoms with Crippen molar-refractivity contribution in [3.63, 3.8) is 0 Å². The van der Waals surface area contributed by atoms with Crippen molar-refractivity contribution in [1.29, 1.82) is 0 Å². The van der Waals surface area contributed by atoms with Gasteiger partial charge >= 0.3 is 0 Å². The summed E-state index contributed by atoms with van der Waals surface area (Å²) in [5.74, 6) is 0. The Morgan fingerprint density at radius 3 is 2.31 bits per heavy atom. The second-order valence-corrected chi connectivity index (χ2v) is 3.33. The molecule has 78 valence electrons. The number of hydrogen-bond acceptors (Lipinski definition) is 2. The van der Waals surface area contributed by atoms with Gasteiger partial charge in [0.15, 0.2) is 0 Å². The Hall–Kier alpha value is -0.830. The van der Waals surface area contributed by atoms with Crippen molar-refractivity contribution in [3.05, 3.63) is 18.0 Å². The summed E-state index contributed by atoms with van der Waals surface area (Å²) in [5, 5.41) is 4.12. The van der Waals surface area contributed by atoms with Crippen LogP contribution in [-0.4, -0.2) is 9.78 Å². The number of rotatable bonds is 2. The molecule has 1 heterocycles. The van der Waals surface area contributed by atoms with Gasteiger partial charge in [-0.25, -0.2) is 0 Å². The lowest BCUT2D eigenvalue weighted by atomic mass is 10.3. The number of hydrogen-bond donors (Lipinski definition) is 1. The second kappa shape index (κ2) is 6.66. The van der Waals surface area contributed by atoms with E-state index in [1.54, 1.807) is 6.20 Å². The zero-order chi connectivity index (χ0) is 10.3. The average molecular weight is 185 g/mol. The molecule has 0 spiro atoms. The van der Waals surface area contributed by atoms with E-state index in [4.69, 9.17) is 5.73 Å². The number of aromatic nitrogens is 2. The third-order valence-corrected chi connectivity index (χ3v) is 1.42. The quantitative estimate of drug-likeness (QED) is 0.769. The fourth-order valence-electron chi connectivity index (χ4n) is 0.765. The molecule has 13 heavy (non-hydrogen) atoms. The molecule has 0 bridgehead atoms. The normalized spacial score (nSPS) is 9.69. The van der Waals surface area contributed by atoms with E-state index < -0.39 is 0 Å². The molecule has 0 aliphatic heterocycles. The molecule has 0 saturated carbocycles. The van der Waals surface area contributed by atoms with Crippen LogP contribution in [0.15, 0.2) is 12.4 Å². The van der Waals surface area contributed by atoms with Crippen molar-refractivity contribution in [2.75, 3.05) is 0 Å². The lowest BCUT2D eigenvalue weighted by Crippen LogP contribution is -2.00. The summed E-state index contributed by atoms with van der Waals surface area (Å²) in [6, 6.07) is 0.431. The minimum absolute atomic E-state index is 0. The van der Waals surface area contributed by atoms with E-state index in [2.05, 4.69) is 32.8 Å². The maximum absolute atomic E-state index is 5.41. The Labute approximate surface area is 82.4 Å². The lowest BCUT2D eigenvalue weighted by molar-refractivity contribution is 0.532. The Morgan fingerprint density at radius 1 is 1.54 bits per heavy atom. The molecular formula is C10H23N3. The zero-order valence-electron chi connectivity index (χ0n) is 9.12. The van der Waals surface area contributed by atoms with Crippen LogP contribution in [0.5, 0.6) is 0 Å². The third-order valence-electron chi connectivity index (χ3n) is 1.42. The molecule has 0 amide bonds. The number of nitrogens with zero attached hydrogens (tertiary/aromatic N) is 2. The number of nitrogens with two attached hydrogens (primary N) is 1. The van der Waals surface area contributed by atoms with Crippen LogP contribution in [0.3, 0.4) is 0 Å². The molecule has 0 atom stereocenters. The molecule has 0 saturated heterocycles. The topological polar surface area (TPSA) is 43.8 Å². The fraction of sp³-hybridized carbons (Fsp3) is 0.700. The summed E-state index contributed by atoms with van der Waals surface area (Å²) in [4.78, 5) is 0. The maximum atomic E-state index is 5.41. The van der Waals surface area contributed by atoms with Crippen LogP contribution in [0, 0.1) is 0 Å². The summed E-state index contributed by atoms with van der Waals surface area (Å²) in [7, 11) is 0. The highest BCUT2D eigenvalue weighted by Crippen LogP contribution is 2.03. The average Bonchev–Trinajstić information content (AvgIpc) is 2.53. The van der Waals surface area contributed by atoms with Crippen LogP contribution in [-0.2, 0) is 6.54 Å². The van der Waals surface area contributed by atoms with Crippen LogP contribution in [0.2, 0.25) is 0 Å². The van der Waals surface area contributed by atoms with Crippen molar-refractivity contribution in [2.45, 2.75) is 46.7 Å². The molecular weight excluding hydrogens is 162 g/mol. The van der Waals surface area contributed by atoms with E-state index >= 15 is 0 Å². The Morgan fingerprint density at radius 2 is 2.08 bits per heavy atom. The van der Waals surface area contributed by atoms with Crippen molar-refractivity contribution >= 4 is 0 Å². The van der Waals surface area contributed by atoms with Crippen LogP contribution in [0.1, 0.15) is 47.1 Å². The molecule has 0 aliphatic carbocycles. The molecule has 0 unspecified atom stereocenters. The minimum atomic E-state index is 0. The van der Waals surface area contributed by atoms with Gasteiger partial charge in [0.05, 0.1) is 6.20 Å². The molecule has 3 nitrogen and oxygen atoms in total. The standard InChI is InChI=1S/C7H13N3.C3H8.H2/c1-6(2)10-5-7(3-8)4-9-10;1-3-2;/h4-6H,3,8H2,1-2H3;3H2,1-2H3;1H.